The number of para-hydroxylation sites is 1. The zero-order valence-corrected chi connectivity index (χ0v) is 17.7. The smallest absolute Gasteiger partial charge is 0.279 e. The highest BCUT2D eigenvalue weighted by molar-refractivity contribution is 7.89. The summed E-state index contributed by atoms with van der Waals surface area (Å²) in [6.07, 6.45) is 1.10. The SMILES string of the molecule is COc1ccccc1COC1CCN(S(=O)(=O)C2CCOCC2C(=O)N(O)O)CC1. The van der Waals surface area contributed by atoms with Crippen LogP contribution in [0.2, 0.25) is 0 Å². The molecule has 0 saturated carbocycles. The number of hydrogen-bond acceptors (Lipinski definition) is 8. The normalized spacial score (nSPS) is 23.8. The van der Waals surface area contributed by atoms with Crippen LogP contribution in [0.25, 0.3) is 0 Å². The Bertz CT molecular complexity index is 824. The number of carbonyl (C=O) groups is 1. The summed E-state index contributed by atoms with van der Waals surface area (Å²) in [5.74, 6) is -1.49. The predicted octanol–water partition coefficient (Wildman–Crippen LogP) is 1.02. The van der Waals surface area contributed by atoms with Crippen LogP contribution in [0.3, 0.4) is 0 Å². The minimum atomic E-state index is -3.81. The zero-order valence-electron chi connectivity index (χ0n) is 16.8. The van der Waals surface area contributed by atoms with Crippen LogP contribution >= 0.6 is 0 Å². The fraction of sp³-hybridized carbons (Fsp3) is 0.632. The molecule has 11 heteroatoms. The molecule has 0 bridgehead atoms. The van der Waals surface area contributed by atoms with Crippen molar-refractivity contribution in [2.45, 2.75) is 37.2 Å². The second kappa shape index (κ2) is 10.0. The van der Waals surface area contributed by atoms with Crippen LogP contribution < -0.4 is 4.74 Å². The summed E-state index contributed by atoms with van der Waals surface area (Å²) in [5, 5.41) is 16.5. The van der Waals surface area contributed by atoms with Crippen molar-refractivity contribution in [1.82, 2.24) is 9.53 Å². The van der Waals surface area contributed by atoms with Gasteiger partial charge in [0.2, 0.25) is 10.0 Å². The maximum atomic E-state index is 13.1. The van der Waals surface area contributed by atoms with Gasteiger partial charge in [0, 0.05) is 25.3 Å². The van der Waals surface area contributed by atoms with Gasteiger partial charge in [0.1, 0.15) is 5.75 Å². The van der Waals surface area contributed by atoms with E-state index in [2.05, 4.69) is 0 Å². The fourth-order valence-corrected chi connectivity index (χ4v) is 6.03. The van der Waals surface area contributed by atoms with Gasteiger partial charge < -0.3 is 14.2 Å². The van der Waals surface area contributed by atoms with Crippen molar-refractivity contribution in [2.24, 2.45) is 5.92 Å². The summed E-state index contributed by atoms with van der Waals surface area (Å²) in [6.45, 7) is 0.959. The summed E-state index contributed by atoms with van der Waals surface area (Å²) < 4.78 is 44.1. The molecular formula is C19H28N2O8S. The first-order valence-electron chi connectivity index (χ1n) is 9.86. The number of ether oxygens (including phenoxy) is 3. The highest BCUT2D eigenvalue weighted by Gasteiger charge is 2.45. The van der Waals surface area contributed by atoms with Crippen molar-refractivity contribution >= 4 is 15.9 Å². The first-order valence-corrected chi connectivity index (χ1v) is 11.4. The molecule has 2 saturated heterocycles. The molecule has 2 atom stereocenters. The Morgan fingerprint density at radius 1 is 1.23 bits per heavy atom. The van der Waals surface area contributed by atoms with Gasteiger partial charge in [-0.05, 0) is 25.3 Å². The second-order valence-electron chi connectivity index (χ2n) is 7.40. The number of methoxy groups -OCH3 is 1. The summed E-state index contributed by atoms with van der Waals surface area (Å²) in [4.78, 5) is 12.0. The molecule has 2 fully saturated rings. The van der Waals surface area contributed by atoms with E-state index in [4.69, 9.17) is 24.6 Å². The molecule has 2 N–H and O–H groups in total. The van der Waals surface area contributed by atoms with E-state index in [0.717, 1.165) is 11.3 Å². The maximum absolute atomic E-state index is 13.1. The number of piperidine rings is 1. The van der Waals surface area contributed by atoms with Crippen molar-refractivity contribution in [2.75, 3.05) is 33.4 Å². The van der Waals surface area contributed by atoms with E-state index < -0.39 is 32.3 Å². The first kappa shape index (κ1) is 22.9. The Hall–Kier alpha value is -1.76. The Balaban J connectivity index is 1.58. The summed E-state index contributed by atoms with van der Waals surface area (Å²) in [5.41, 5.74) is 0.927. The van der Waals surface area contributed by atoms with Crippen molar-refractivity contribution in [3.63, 3.8) is 0 Å². The Morgan fingerprint density at radius 2 is 1.93 bits per heavy atom. The van der Waals surface area contributed by atoms with Gasteiger partial charge in [0.05, 0.1) is 37.6 Å². The van der Waals surface area contributed by atoms with Crippen LogP contribution in [0.1, 0.15) is 24.8 Å². The van der Waals surface area contributed by atoms with E-state index in [0.29, 0.717) is 19.4 Å². The third-order valence-electron chi connectivity index (χ3n) is 5.62. The minimum absolute atomic E-state index is 0.0844. The monoisotopic (exact) mass is 444 g/mol. The maximum Gasteiger partial charge on any atom is 0.279 e. The van der Waals surface area contributed by atoms with Gasteiger partial charge in [-0.3, -0.25) is 15.2 Å². The largest absolute Gasteiger partial charge is 0.496 e. The number of hydrogen-bond donors (Lipinski definition) is 2. The lowest BCUT2D eigenvalue weighted by molar-refractivity contribution is -0.289. The number of carbonyl (C=O) groups excluding carboxylic acids is 1. The lowest BCUT2D eigenvalue weighted by Crippen LogP contribution is -2.53. The van der Waals surface area contributed by atoms with Gasteiger partial charge in [0.25, 0.3) is 5.91 Å². The van der Waals surface area contributed by atoms with Gasteiger partial charge in [0.15, 0.2) is 0 Å². The van der Waals surface area contributed by atoms with E-state index in [1.807, 2.05) is 24.3 Å². The molecule has 2 aliphatic rings. The van der Waals surface area contributed by atoms with Gasteiger partial charge in [-0.1, -0.05) is 23.4 Å². The highest BCUT2D eigenvalue weighted by atomic mass is 32.2. The van der Waals surface area contributed by atoms with Crippen LogP contribution in [0.15, 0.2) is 24.3 Å². The summed E-state index contributed by atoms with van der Waals surface area (Å²) in [6, 6.07) is 7.57. The van der Waals surface area contributed by atoms with E-state index in [-0.39, 0.29) is 38.8 Å². The molecule has 0 aliphatic carbocycles. The molecule has 168 valence electrons. The third-order valence-corrected chi connectivity index (χ3v) is 8.03. The fourth-order valence-electron chi connectivity index (χ4n) is 3.93. The molecule has 0 spiro atoms. The molecule has 2 aliphatic heterocycles. The van der Waals surface area contributed by atoms with Gasteiger partial charge in [-0.25, -0.2) is 12.7 Å². The highest BCUT2D eigenvalue weighted by Crippen LogP contribution is 2.29. The summed E-state index contributed by atoms with van der Waals surface area (Å²) in [7, 11) is -2.21. The van der Waals surface area contributed by atoms with Gasteiger partial charge in [-0.15, -0.1) is 0 Å². The van der Waals surface area contributed by atoms with Gasteiger partial charge in [-0.2, -0.15) is 0 Å². The molecule has 1 amide bonds. The van der Waals surface area contributed by atoms with E-state index in [9.17, 15) is 13.2 Å². The number of benzene rings is 1. The number of sulfonamides is 1. The molecule has 2 heterocycles. The quantitative estimate of drug-likeness (QED) is 0.472. The van der Waals surface area contributed by atoms with Crippen molar-refractivity contribution in [3.8, 4) is 5.75 Å². The molecular weight excluding hydrogens is 416 g/mol. The van der Waals surface area contributed by atoms with E-state index >= 15 is 0 Å². The Kier molecular flexibility index (Phi) is 7.66. The Morgan fingerprint density at radius 3 is 2.60 bits per heavy atom. The van der Waals surface area contributed by atoms with Gasteiger partial charge >= 0.3 is 0 Å². The topological polar surface area (TPSA) is 126 Å². The van der Waals surface area contributed by atoms with Crippen LogP contribution in [-0.2, 0) is 30.9 Å². The predicted molar refractivity (Wildman–Crippen MR) is 104 cm³/mol. The zero-order chi connectivity index (χ0) is 21.7. The number of nitrogens with zero attached hydrogens (tertiary/aromatic N) is 2. The second-order valence-corrected chi connectivity index (χ2v) is 9.55. The third kappa shape index (κ3) is 5.10. The summed E-state index contributed by atoms with van der Waals surface area (Å²) >= 11 is 0. The molecule has 0 aromatic heterocycles. The molecule has 30 heavy (non-hydrogen) atoms. The molecule has 2 unspecified atom stereocenters. The van der Waals surface area contributed by atoms with Crippen molar-refractivity contribution in [3.05, 3.63) is 29.8 Å². The van der Waals surface area contributed by atoms with Crippen LogP contribution in [0.5, 0.6) is 5.75 Å². The molecule has 1 aromatic carbocycles. The van der Waals surface area contributed by atoms with E-state index in [1.165, 1.54) is 4.31 Å². The lowest BCUT2D eigenvalue weighted by atomic mass is 10.0. The average molecular weight is 445 g/mol. The molecule has 1 aromatic rings. The van der Waals surface area contributed by atoms with E-state index in [1.54, 1.807) is 7.11 Å². The molecule has 10 nitrogen and oxygen atoms in total. The first-order chi connectivity index (χ1) is 14.3. The number of amides is 1. The number of hydroxylamine groups is 2. The molecule has 0 radical (unpaired) electrons. The lowest BCUT2D eigenvalue weighted by Gasteiger charge is -2.37. The number of rotatable bonds is 7. The van der Waals surface area contributed by atoms with Crippen LogP contribution in [-0.4, -0.2) is 79.0 Å². The minimum Gasteiger partial charge on any atom is -0.496 e. The molecule has 3 rings (SSSR count). The van der Waals surface area contributed by atoms with Crippen LogP contribution in [0, 0.1) is 5.92 Å². The average Bonchev–Trinajstić information content (AvgIpc) is 2.77. The standard InChI is InChI=1S/C19H28N2O8S/c1-27-17-5-3-2-4-14(17)12-29-15-6-9-20(10-7-15)30(25,26)18-8-11-28-13-16(18)19(22)21(23)24/h2-5,15-16,18,23-24H,6-13H2,1H3. The Labute approximate surface area is 175 Å². The van der Waals surface area contributed by atoms with Crippen molar-refractivity contribution < 1.29 is 37.8 Å². The van der Waals surface area contributed by atoms with Crippen molar-refractivity contribution in [1.29, 1.82) is 0 Å². The van der Waals surface area contributed by atoms with Crippen LogP contribution in [0.4, 0.5) is 0 Å².